The van der Waals surface area contributed by atoms with E-state index >= 15 is 0 Å². The standard InChI is InChI=1S/C11H16O3/c1-5-11(4)9(6-7-13-11)14-10(12)8(2)3/h1,8-9H,6-7H2,2-4H3. The van der Waals surface area contributed by atoms with E-state index in [1.54, 1.807) is 20.8 Å². The van der Waals surface area contributed by atoms with Crippen LogP contribution < -0.4 is 0 Å². The van der Waals surface area contributed by atoms with Gasteiger partial charge in [-0.2, -0.15) is 0 Å². The highest BCUT2D eigenvalue weighted by Crippen LogP contribution is 2.28. The number of carbonyl (C=O) groups is 1. The van der Waals surface area contributed by atoms with Crippen LogP contribution in [0.3, 0.4) is 0 Å². The number of ether oxygens (including phenoxy) is 2. The molecule has 78 valence electrons. The monoisotopic (exact) mass is 196 g/mol. The van der Waals surface area contributed by atoms with Crippen molar-refractivity contribution in [1.82, 2.24) is 0 Å². The van der Waals surface area contributed by atoms with Gasteiger partial charge in [-0.25, -0.2) is 0 Å². The Morgan fingerprint density at radius 3 is 2.86 bits per heavy atom. The summed E-state index contributed by atoms with van der Waals surface area (Å²) in [5, 5.41) is 0. The molecule has 0 aromatic carbocycles. The van der Waals surface area contributed by atoms with Crippen molar-refractivity contribution in [3.8, 4) is 12.3 Å². The molecule has 1 rings (SSSR count). The zero-order valence-electron chi connectivity index (χ0n) is 8.87. The van der Waals surface area contributed by atoms with Gasteiger partial charge in [0.2, 0.25) is 0 Å². The van der Waals surface area contributed by atoms with Crippen molar-refractivity contribution in [3.63, 3.8) is 0 Å². The molecule has 3 nitrogen and oxygen atoms in total. The number of rotatable bonds is 2. The average molecular weight is 196 g/mol. The molecule has 0 aromatic rings. The van der Waals surface area contributed by atoms with Gasteiger partial charge in [0, 0.05) is 6.42 Å². The molecule has 0 N–H and O–H groups in total. The van der Waals surface area contributed by atoms with E-state index in [1.165, 1.54) is 0 Å². The Balaban J connectivity index is 2.62. The van der Waals surface area contributed by atoms with E-state index in [1.807, 2.05) is 0 Å². The largest absolute Gasteiger partial charge is 0.458 e. The first-order valence-corrected chi connectivity index (χ1v) is 4.82. The maximum Gasteiger partial charge on any atom is 0.308 e. The van der Waals surface area contributed by atoms with Crippen molar-refractivity contribution in [1.29, 1.82) is 0 Å². The molecule has 2 unspecified atom stereocenters. The van der Waals surface area contributed by atoms with E-state index in [9.17, 15) is 4.79 Å². The van der Waals surface area contributed by atoms with E-state index in [2.05, 4.69) is 5.92 Å². The molecule has 0 aromatic heterocycles. The normalized spacial score (nSPS) is 31.5. The van der Waals surface area contributed by atoms with Gasteiger partial charge in [-0.05, 0) is 6.92 Å². The summed E-state index contributed by atoms with van der Waals surface area (Å²) in [6, 6.07) is 0. The number of esters is 1. The predicted octanol–water partition coefficient (Wildman–Crippen LogP) is 1.37. The lowest BCUT2D eigenvalue weighted by Gasteiger charge is -2.25. The van der Waals surface area contributed by atoms with E-state index < -0.39 is 5.60 Å². The van der Waals surface area contributed by atoms with Gasteiger partial charge < -0.3 is 9.47 Å². The van der Waals surface area contributed by atoms with Gasteiger partial charge in [0.05, 0.1) is 12.5 Å². The molecule has 1 saturated heterocycles. The summed E-state index contributed by atoms with van der Waals surface area (Å²) in [4.78, 5) is 11.4. The molecule has 1 fully saturated rings. The average Bonchev–Trinajstić information content (AvgIpc) is 2.49. The highest BCUT2D eigenvalue weighted by molar-refractivity contribution is 5.71. The summed E-state index contributed by atoms with van der Waals surface area (Å²) >= 11 is 0. The zero-order chi connectivity index (χ0) is 10.8. The van der Waals surface area contributed by atoms with Crippen LogP contribution >= 0.6 is 0 Å². The Morgan fingerprint density at radius 1 is 1.71 bits per heavy atom. The summed E-state index contributed by atoms with van der Waals surface area (Å²) in [5.74, 6) is 2.19. The lowest BCUT2D eigenvalue weighted by molar-refractivity contribution is -0.157. The van der Waals surface area contributed by atoms with Crippen molar-refractivity contribution in [3.05, 3.63) is 0 Å². The second kappa shape index (κ2) is 4.02. The maximum atomic E-state index is 11.4. The van der Waals surface area contributed by atoms with Crippen molar-refractivity contribution in [2.24, 2.45) is 5.92 Å². The van der Waals surface area contributed by atoms with Crippen molar-refractivity contribution in [2.75, 3.05) is 6.61 Å². The van der Waals surface area contributed by atoms with Gasteiger partial charge in [0.25, 0.3) is 0 Å². The van der Waals surface area contributed by atoms with Gasteiger partial charge >= 0.3 is 5.97 Å². The number of hydrogen-bond acceptors (Lipinski definition) is 3. The SMILES string of the molecule is C#CC1(C)OCCC1OC(=O)C(C)C. The Bertz CT molecular complexity index is 264. The van der Waals surface area contributed by atoms with E-state index in [0.717, 1.165) is 0 Å². The molecule has 1 aliphatic rings. The third-order valence-electron chi connectivity index (χ3n) is 2.41. The number of hydrogen-bond donors (Lipinski definition) is 0. The molecule has 2 atom stereocenters. The molecule has 0 saturated carbocycles. The van der Waals surface area contributed by atoms with Crippen LogP contribution in [0.4, 0.5) is 0 Å². The number of carbonyl (C=O) groups excluding carboxylic acids is 1. The summed E-state index contributed by atoms with van der Waals surface area (Å²) in [7, 11) is 0. The molecular weight excluding hydrogens is 180 g/mol. The third kappa shape index (κ3) is 2.08. The fraction of sp³-hybridized carbons (Fsp3) is 0.727. The Hall–Kier alpha value is -1.01. The van der Waals surface area contributed by atoms with Gasteiger partial charge in [-0.3, -0.25) is 4.79 Å². The first kappa shape index (κ1) is 11.1. The molecule has 0 bridgehead atoms. The Labute approximate surface area is 84.8 Å². The highest BCUT2D eigenvalue weighted by atomic mass is 16.6. The highest BCUT2D eigenvalue weighted by Gasteiger charge is 2.41. The lowest BCUT2D eigenvalue weighted by Crippen LogP contribution is -2.38. The van der Waals surface area contributed by atoms with Crippen molar-refractivity contribution in [2.45, 2.75) is 38.9 Å². The smallest absolute Gasteiger partial charge is 0.308 e. The van der Waals surface area contributed by atoms with Crippen LogP contribution in [-0.2, 0) is 14.3 Å². The molecule has 14 heavy (non-hydrogen) atoms. The van der Waals surface area contributed by atoms with Crippen LogP contribution in [0.2, 0.25) is 0 Å². The molecule has 0 spiro atoms. The van der Waals surface area contributed by atoms with Crippen molar-refractivity contribution >= 4 is 5.97 Å². The minimum atomic E-state index is -0.745. The van der Waals surface area contributed by atoms with Gasteiger partial charge in [-0.1, -0.05) is 19.8 Å². The molecule has 0 aliphatic carbocycles. The van der Waals surface area contributed by atoms with Crippen LogP contribution in [0.25, 0.3) is 0 Å². The fourth-order valence-corrected chi connectivity index (χ4v) is 1.33. The summed E-state index contributed by atoms with van der Waals surface area (Å²) in [6.07, 6.45) is 5.72. The van der Waals surface area contributed by atoms with Gasteiger partial charge in [0.1, 0.15) is 6.10 Å². The maximum absolute atomic E-state index is 11.4. The Morgan fingerprint density at radius 2 is 2.36 bits per heavy atom. The quantitative estimate of drug-likeness (QED) is 0.494. The van der Waals surface area contributed by atoms with E-state index in [4.69, 9.17) is 15.9 Å². The van der Waals surface area contributed by atoms with E-state index in [-0.39, 0.29) is 18.0 Å². The summed E-state index contributed by atoms with van der Waals surface area (Å²) in [6.45, 7) is 5.92. The first-order chi connectivity index (χ1) is 6.49. The zero-order valence-corrected chi connectivity index (χ0v) is 8.87. The van der Waals surface area contributed by atoms with Crippen LogP contribution in [0.15, 0.2) is 0 Å². The van der Waals surface area contributed by atoms with E-state index in [0.29, 0.717) is 13.0 Å². The summed E-state index contributed by atoms with van der Waals surface area (Å²) in [5.41, 5.74) is -0.745. The topological polar surface area (TPSA) is 35.5 Å². The minimum absolute atomic E-state index is 0.127. The molecule has 0 amide bonds. The van der Waals surface area contributed by atoms with Gasteiger partial charge in [-0.15, -0.1) is 6.42 Å². The van der Waals surface area contributed by atoms with Crippen LogP contribution in [0.5, 0.6) is 0 Å². The second-order valence-electron chi connectivity index (χ2n) is 3.97. The van der Waals surface area contributed by atoms with Gasteiger partial charge in [0.15, 0.2) is 5.60 Å². The summed E-state index contributed by atoms with van der Waals surface area (Å²) < 4.78 is 10.6. The van der Waals surface area contributed by atoms with Crippen LogP contribution in [0, 0.1) is 18.3 Å². The molecule has 1 aliphatic heterocycles. The molecule has 0 radical (unpaired) electrons. The predicted molar refractivity (Wildman–Crippen MR) is 52.5 cm³/mol. The Kier molecular flexibility index (Phi) is 3.17. The number of terminal acetylenes is 1. The molecule has 3 heteroatoms. The second-order valence-corrected chi connectivity index (χ2v) is 3.97. The lowest BCUT2D eigenvalue weighted by atomic mass is 10.0. The fourth-order valence-electron chi connectivity index (χ4n) is 1.33. The minimum Gasteiger partial charge on any atom is -0.458 e. The van der Waals surface area contributed by atoms with Crippen LogP contribution in [0.1, 0.15) is 27.2 Å². The third-order valence-corrected chi connectivity index (χ3v) is 2.41. The molecular formula is C11H16O3. The van der Waals surface area contributed by atoms with Crippen LogP contribution in [-0.4, -0.2) is 24.3 Å². The van der Waals surface area contributed by atoms with Crippen molar-refractivity contribution < 1.29 is 14.3 Å². The molecule has 1 heterocycles. The first-order valence-electron chi connectivity index (χ1n) is 4.82.